The number of aliphatic hydroxyl groups is 1. The summed E-state index contributed by atoms with van der Waals surface area (Å²) in [6.45, 7) is 0. The van der Waals surface area contributed by atoms with Crippen LogP contribution in [0.15, 0.2) is 30.3 Å². The van der Waals surface area contributed by atoms with Crippen molar-refractivity contribution in [2.75, 3.05) is 0 Å². The molecule has 0 spiro atoms. The molecule has 2 rings (SSSR count). The second-order valence-electron chi connectivity index (χ2n) is 3.25. The number of hydrogen-bond acceptors (Lipinski definition) is 1. The van der Waals surface area contributed by atoms with E-state index in [-0.39, 0.29) is 57.1 Å². The smallest absolute Gasteiger partial charge is 1.00 e. The molecular formula is C11H17Cl2OZr. The molecule has 1 aliphatic carbocycles. The van der Waals surface area contributed by atoms with E-state index in [1.54, 1.807) is 0 Å². The molecule has 1 N–H and O–H groups in total. The second kappa shape index (κ2) is 14.8. The number of rotatable bonds is 0. The third kappa shape index (κ3) is 12.7. The molecule has 15 heavy (non-hydrogen) atoms. The standard InChI is InChI=1S/C6H12O.C5H5.2ClH.Zr/c7-6-4-2-1-3-5-6;1-2-4-5-3-1;;;/h6-7H,1-5H2;1-5H;2*1H;/q;-1;;;+3/p-2. The fraction of sp³-hybridized carbons (Fsp3) is 0.545. The summed E-state index contributed by atoms with van der Waals surface area (Å²) in [5.41, 5.74) is 0. The molecule has 85 valence electrons. The Kier molecular flexibility index (Phi) is 20.8. The normalized spacial score (nSPS) is 14.5. The van der Waals surface area contributed by atoms with Gasteiger partial charge >= 0.3 is 26.2 Å². The number of hydrogen-bond donors (Lipinski definition) is 1. The zero-order valence-corrected chi connectivity index (χ0v) is 12.7. The first-order chi connectivity index (χ1) is 5.89. The minimum atomic E-state index is 0. The van der Waals surface area contributed by atoms with E-state index < -0.39 is 0 Å². The molecule has 1 saturated carbocycles. The molecule has 0 saturated heterocycles. The quantitative estimate of drug-likeness (QED) is 0.496. The molecule has 1 aromatic rings. The molecule has 0 atom stereocenters. The number of halogens is 2. The predicted octanol–water partition coefficient (Wildman–Crippen LogP) is -3.28. The topological polar surface area (TPSA) is 20.2 Å². The van der Waals surface area contributed by atoms with Gasteiger partial charge in [-0.25, -0.2) is 12.1 Å². The molecule has 0 aliphatic heterocycles. The first-order valence-corrected chi connectivity index (χ1v) is 4.74. The molecule has 1 fully saturated rings. The van der Waals surface area contributed by atoms with Crippen LogP contribution in [0.5, 0.6) is 0 Å². The Labute approximate surface area is 124 Å². The van der Waals surface area contributed by atoms with Gasteiger partial charge < -0.3 is 29.9 Å². The van der Waals surface area contributed by atoms with Crippen LogP contribution in [0.2, 0.25) is 0 Å². The van der Waals surface area contributed by atoms with Crippen molar-refractivity contribution in [1.29, 1.82) is 0 Å². The minimum absolute atomic E-state index is 0. The van der Waals surface area contributed by atoms with Crippen LogP contribution in [0.4, 0.5) is 0 Å². The van der Waals surface area contributed by atoms with Crippen molar-refractivity contribution in [2.45, 2.75) is 38.2 Å². The van der Waals surface area contributed by atoms with Crippen LogP contribution in [-0.2, 0) is 26.2 Å². The van der Waals surface area contributed by atoms with Crippen LogP contribution in [0.1, 0.15) is 32.1 Å². The summed E-state index contributed by atoms with van der Waals surface area (Å²) in [6, 6.07) is 10.0. The molecule has 4 heteroatoms. The molecule has 1 radical (unpaired) electrons. The number of aliphatic hydroxyl groups excluding tert-OH is 1. The van der Waals surface area contributed by atoms with E-state index in [2.05, 4.69) is 0 Å². The largest absolute Gasteiger partial charge is 3.00 e. The first-order valence-electron chi connectivity index (χ1n) is 4.74. The fourth-order valence-electron chi connectivity index (χ4n) is 1.40. The Balaban J connectivity index is -0.000000165. The SMILES string of the molecule is OC1CCCCC1.[Cl-].[Cl-].[Zr+3].c1cc[cH-]c1. The molecule has 0 aromatic heterocycles. The van der Waals surface area contributed by atoms with Crippen molar-refractivity contribution >= 4 is 0 Å². The molecule has 1 aromatic carbocycles. The predicted molar refractivity (Wildman–Crippen MR) is 51.1 cm³/mol. The van der Waals surface area contributed by atoms with Crippen molar-refractivity contribution in [3.63, 3.8) is 0 Å². The van der Waals surface area contributed by atoms with Crippen molar-refractivity contribution < 1.29 is 56.1 Å². The zero-order valence-electron chi connectivity index (χ0n) is 8.70. The summed E-state index contributed by atoms with van der Waals surface area (Å²) in [6.07, 6.45) is 5.92. The van der Waals surface area contributed by atoms with Crippen molar-refractivity contribution in [3.8, 4) is 0 Å². The van der Waals surface area contributed by atoms with Gasteiger partial charge in [-0.2, -0.15) is 18.2 Å². The summed E-state index contributed by atoms with van der Waals surface area (Å²) in [7, 11) is 0. The Morgan fingerprint density at radius 3 is 1.60 bits per heavy atom. The van der Waals surface area contributed by atoms with Gasteiger partial charge in [-0.15, -0.1) is 0 Å². The van der Waals surface area contributed by atoms with Crippen molar-refractivity contribution in [3.05, 3.63) is 30.3 Å². The fourth-order valence-corrected chi connectivity index (χ4v) is 1.40. The monoisotopic (exact) mass is 325 g/mol. The molecule has 1 nitrogen and oxygen atoms in total. The second-order valence-corrected chi connectivity index (χ2v) is 3.25. The third-order valence-electron chi connectivity index (χ3n) is 2.13. The maximum atomic E-state index is 8.91. The maximum absolute atomic E-state index is 8.91. The van der Waals surface area contributed by atoms with Gasteiger partial charge in [0.15, 0.2) is 0 Å². The summed E-state index contributed by atoms with van der Waals surface area (Å²) >= 11 is 0. The van der Waals surface area contributed by atoms with Gasteiger partial charge in [0.25, 0.3) is 0 Å². The van der Waals surface area contributed by atoms with E-state index in [0.29, 0.717) is 0 Å². The average molecular weight is 327 g/mol. The van der Waals surface area contributed by atoms with E-state index in [1.165, 1.54) is 19.3 Å². The molecule has 0 heterocycles. The van der Waals surface area contributed by atoms with E-state index in [9.17, 15) is 0 Å². The van der Waals surface area contributed by atoms with E-state index in [1.807, 2.05) is 30.3 Å². The van der Waals surface area contributed by atoms with Crippen LogP contribution >= 0.6 is 0 Å². The van der Waals surface area contributed by atoms with Gasteiger partial charge in [0.1, 0.15) is 0 Å². The molecular weight excluding hydrogens is 310 g/mol. The van der Waals surface area contributed by atoms with Crippen LogP contribution in [0, 0.1) is 0 Å². The Morgan fingerprint density at radius 1 is 0.933 bits per heavy atom. The van der Waals surface area contributed by atoms with Crippen LogP contribution < -0.4 is 24.8 Å². The summed E-state index contributed by atoms with van der Waals surface area (Å²) in [4.78, 5) is 0. The molecule has 0 amide bonds. The van der Waals surface area contributed by atoms with Gasteiger partial charge in [-0.3, -0.25) is 0 Å². The summed E-state index contributed by atoms with van der Waals surface area (Å²) in [5, 5.41) is 8.91. The van der Waals surface area contributed by atoms with Gasteiger partial charge in [-0.05, 0) is 12.8 Å². The van der Waals surface area contributed by atoms with E-state index in [4.69, 9.17) is 5.11 Å². The van der Waals surface area contributed by atoms with Gasteiger partial charge in [0.05, 0.1) is 6.10 Å². The van der Waals surface area contributed by atoms with Gasteiger partial charge in [0.2, 0.25) is 0 Å². The third-order valence-corrected chi connectivity index (χ3v) is 2.13. The van der Waals surface area contributed by atoms with Crippen LogP contribution in [0.25, 0.3) is 0 Å². The van der Waals surface area contributed by atoms with E-state index >= 15 is 0 Å². The average Bonchev–Trinajstić information content (AvgIpc) is 2.62. The zero-order chi connectivity index (χ0) is 8.65. The van der Waals surface area contributed by atoms with E-state index in [0.717, 1.165) is 12.8 Å². The Morgan fingerprint density at radius 2 is 1.40 bits per heavy atom. The van der Waals surface area contributed by atoms with Gasteiger partial charge in [-0.1, -0.05) is 19.3 Å². The molecule has 0 bridgehead atoms. The molecule has 1 aliphatic rings. The van der Waals surface area contributed by atoms with Crippen LogP contribution in [0.3, 0.4) is 0 Å². The van der Waals surface area contributed by atoms with Gasteiger partial charge in [0, 0.05) is 0 Å². The maximum Gasteiger partial charge on any atom is 3.00 e. The first kappa shape index (κ1) is 21.1. The summed E-state index contributed by atoms with van der Waals surface area (Å²) in [5.74, 6) is 0. The van der Waals surface area contributed by atoms with Crippen LogP contribution in [-0.4, -0.2) is 11.2 Å². The Bertz CT molecular complexity index is 158. The summed E-state index contributed by atoms with van der Waals surface area (Å²) < 4.78 is 0. The van der Waals surface area contributed by atoms with Crippen molar-refractivity contribution in [2.24, 2.45) is 0 Å². The minimum Gasteiger partial charge on any atom is -1.00 e. The Hall–Kier alpha value is 0.773. The van der Waals surface area contributed by atoms with Crippen molar-refractivity contribution in [1.82, 2.24) is 0 Å². The molecule has 0 unspecified atom stereocenters.